The number of likely N-dealkylation sites (tertiary alicyclic amines) is 1. The predicted molar refractivity (Wildman–Crippen MR) is 68.5 cm³/mol. The molecule has 1 unspecified atom stereocenters. The van der Waals surface area contributed by atoms with Gasteiger partial charge in [0.2, 0.25) is 5.91 Å². The molecule has 0 bridgehead atoms. The van der Waals surface area contributed by atoms with Crippen molar-refractivity contribution < 1.29 is 14.7 Å². The Morgan fingerprint density at radius 3 is 3.00 bits per heavy atom. The topological polar surface area (TPSA) is 88.2 Å². The van der Waals surface area contributed by atoms with E-state index in [1.807, 2.05) is 6.92 Å². The number of ether oxygens (including phenoxy) is 1. The first-order valence-electron chi connectivity index (χ1n) is 6.55. The summed E-state index contributed by atoms with van der Waals surface area (Å²) in [5.74, 6) is 0.193. The summed E-state index contributed by atoms with van der Waals surface area (Å²) in [5, 5.41) is 11.8. The van der Waals surface area contributed by atoms with Crippen LogP contribution in [-0.2, 0) is 9.53 Å². The van der Waals surface area contributed by atoms with Crippen LogP contribution in [0.2, 0.25) is 0 Å². The maximum atomic E-state index is 12.1. The van der Waals surface area contributed by atoms with Crippen LogP contribution in [0.1, 0.15) is 39.0 Å². The molecule has 1 saturated heterocycles. The standard InChI is InChI=1S/C12H23N3O3/c1-2-18-9-5-7-11(16)15-8-4-3-6-10(15)12(13)14-17/h10,17H,2-9H2,1H3,(H2,13,14). The van der Waals surface area contributed by atoms with Crippen LogP contribution in [0.15, 0.2) is 5.16 Å². The van der Waals surface area contributed by atoms with E-state index in [0.717, 1.165) is 19.3 Å². The molecule has 0 radical (unpaired) electrons. The zero-order valence-corrected chi connectivity index (χ0v) is 11.0. The molecule has 6 heteroatoms. The molecule has 104 valence electrons. The van der Waals surface area contributed by atoms with Gasteiger partial charge in [0.05, 0.1) is 6.04 Å². The summed E-state index contributed by atoms with van der Waals surface area (Å²) in [5.41, 5.74) is 5.63. The monoisotopic (exact) mass is 257 g/mol. The van der Waals surface area contributed by atoms with Crippen molar-refractivity contribution in [2.75, 3.05) is 19.8 Å². The lowest BCUT2D eigenvalue weighted by atomic mass is 10.0. The van der Waals surface area contributed by atoms with Crippen molar-refractivity contribution in [1.29, 1.82) is 0 Å². The van der Waals surface area contributed by atoms with E-state index in [0.29, 0.717) is 32.6 Å². The Morgan fingerprint density at radius 2 is 2.33 bits per heavy atom. The number of rotatable bonds is 6. The summed E-state index contributed by atoms with van der Waals surface area (Å²) in [7, 11) is 0. The van der Waals surface area contributed by atoms with Gasteiger partial charge in [-0.2, -0.15) is 0 Å². The SMILES string of the molecule is CCOCCCC(=O)N1CCCCC1C(N)=NO. The highest BCUT2D eigenvalue weighted by atomic mass is 16.5. The summed E-state index contributed by atoms with van der Waals surface area (Å²) in [6.07, 6.45) is 3.92. The van der Waals surface area contributed by atoms with E-state index < -0.39 is 0 Å². The van der Waals surface area contributed by atoms with E-state index >= 15 is 0 Å². The fourth-order valence-corrected chi connectivity index (χ4v) is 2.22. The first-order valence-corrected chi connectivity index (χ1v) is 6.55. The molecular weight excluding hydrogens is 234 g/mol. The van der Waals surface area contributed by atoms with Gasteiger partial charge in [0.15, 0.2) is 5.84 Å². The van der Waals surface area contributed by atoms with Gasteiger partial charge in [-0.05, 0) is 32.6 Å². The largest absolute Gasteiger partial charge is 0.409 e. The third kappa shape index (κ3) is 4.18. The number of hydrogen-bond donors (Lipinski definition) is 2. The van der Waals surface area contributed by atoms with Gasteiger partial charge in [-0.1, -0.05) is 5.16 Å². The normalized spacial score (nSPS) is 21.1. The number of amides is 1. The fraction of sp³-hybridized carbons (Fsp3) is 0.833. The highest BCUT2D eigenvalue weighted by molar-refractivity contribution is 5.90. The summed E-state index contributed by atoms with van der Waals surface area (Å²) < 4.78 is 5.21. The van der Waals surface area contributed by atoms with Crippen molar-refractivity contribution in [3.8, 4) is 0 Å². The highest BCUT2D eigenvalue weighted by Crippen LogP contribution is 2.18. The Hall–Kier alpha value is -1.30. The van der Waals surface area contributed by atoms with Crippen molar-refractivity contribution in [2.45, 2.75) is 45.1 Å². The van der Waals surface area contributed by atoms with Crippen LogP contribution in [0.5, 0.6) is 0 Å². The number of nitrogens with two attached hydrogens (primary N) is 1. The quantitative estimate of drug-likeness (QED) is 0.243. The Balaban J connectivity index is 2.47. The van der Waals surface area contributed by atoms with Crippen LogP contribution in [-0.4, -0.2) is 47.7 Å². The molecule has 0 aromatic carbocycles. The van der Waals surface area contributed by atoms with Crippen molar-refractivity contribution >= 4 is 11.7 Å². The summed E-state index contributed by atoms with van der Waals surface area (Å²) in [6.45, 7) is 3.89. The van der Waals surface area contributed by atoms with E-state index in [2.05, 4.69) is 5.16 Å². The van der Waals surface area contributed by atoms with Crippen molar-refractivity contribution in [3.63, 3.8) is 0 Å². The van der Waals surface area contributed by atoms with Gasteiger partial charge in [-0.25, -0.2) is 0 Å². The van der Waals surface area contributed by atoms with E-state index in [1.54, 1.807) is 4.90 Å². The first-order chi connectivity index (χ1) is 8.70. The van der Waals surface area contributed by atoms with Crippen LogP contribution >= 0.6 is 0 Å². The Kier molecular flexibility index (Phi) is 6.49. The molecule has 0 saturated carbocycles. The lowest BCUT2D eigenvalue weighted by molar-refractivity contribution is -0.133. The van der Waals surface area contributed by atoms with Crippen LogP contribution < -0.4 is 5.73 Å². The number of hydrogen-bond acceptors (Lipinski definition) is 4. The Bertz CT molecular complexity index is 294. The number of carbonyl (C=O) groups is 1. The number of amidine groups is 1. The van der Waals surface area contributed by atoms with Gasteiger partial charge < -0.3 is 20.6 Å². The Labute approximate surface area is 108 Å². The third-order valence-corrected chi connectivity index (χ3v) is 3.16. The molecular formula is C12H23N3O3. The zero-order chi connectivity index (χ0) is 13.4. The molecule has 6 nitrogen and oxygen atoms in total. The predicted octanol–water partition coefficient (Wildman–Crippen LogP) is 0.931. The van der Waals surface area contributed by atoms with Gasteiger partial charge >= 0.3 is 0 Å². The van der Waals surface area contributed by atoms with Crippen molar-refractivity contribution in [1.82, 2.24) is 4.90 Å². The molecule has 3 N–H and O–H groups in total. The van der Waals surface area contributed by atoms with Crippen molar-refractivity contribution in [3.05, 3.63) is 0 Å². The number of oxime groups is 1. The minimum absolute atomic E-state index is 0.0611. The number of piperidine rings is 1. The van der Waals surface area contributed by atoms with Crippen LogP contribution in [0.4, 0.5) is 0 Å². The van der Waals surface area contributed by atoms with E-state index in [4.69, 9.17) is 15.7 Å². The van der Waals surface area contributed by atoms with Crippen LogP contribution in [0.3, 0.4) is 0 Å². The van der Waals surface area contributed by atoms with Crippen LogP contribution in [0.25, 0.3) is 0 Å². The summed E-state index contributed by atoms with van der Waals surface area (Å²) in [4.78, 5) is 13.8. The van der Waals surface area contributed by atoms with Gasteiger partial charge in [-0.15, -0.1) is 0 Å². The average Bonchev–Trinajstić information content (AvgIpc) is 2.42. The molecule has 1 atom stereocenters. The molecule has 18 heavy (non-hydrogen) atoms. The van der Waals surface area contributed by atoms with Crippen molar-refractivity contribution in [2.24, 2.45) is 10.9 Å². The van der Waals surface area contributed by atoms with Gasteiger partial charge in [0, 0.05) is 26.2 Å². The zero-order valence-electron chi connectivity index (χ0n) is 11.0. The first kappa shape index (κ1) is 14.8. The third-order valence-electron chi connectivity index (χ3n) is 3.16. The molecule has 1 heterocycles. The van der Waals surface area contributed by atoms with E-state index in [-0.39, 0.29) is 17.8 Å². The molecule has 0 spiro atoms. The van der Waals surface area contributed by atoms with Gasteiger partial charge in [0.1, 0.15) is 0 Å². The molecule has 1 fully saturated rings. The molecule has 1 rings (SSSR count). The second kappa shape index (κ2) is 7.92. The van der Waals surface area contributed by atoms with Gasteiger partial charge in [-0.3, -0.25) is 4.79 Å². The lowest BCUT2D eigenvalue weighted by Crippen LogP contribution is -2.50. The molecule has 1 aliphatic rings. The fourth-order valence-electron chi connectivity index (χ4n) is 2.22. The highest BCUT2D eigenvalue weighted by Gasteiger charge is 2.29. The van der Waals surface area contributed by atoms with Gasteiger partial charge in [0.25, 0.3) is 0 Å². The summed E-state index contributed by atoms with van der Waals surface area (Å²) in [6, 6.07) is -0.247. The maximum Gasteiger partial charge on any atom is 0.223 e. The van der Waals surface area contributed by atoms with E-state index in [9.17, 15) is 4.79 Å². The Morgan fingerprint density at radius 1 is 1.56 bits per heavy atom. The molecule has 1 aliphatic heterocycles. The smallest absolute Gasteiger partial charge is 0.223 e. The average molecular weight is 257 g/mol. The second-order valence-corrected chi connectivity index (χ2v) is 4.42. The minimum atomic E-state index is -0.247. The molecule has 1 amide bonds. The molecule has 0 aromatic heterocycles. The van der Waals surface area contributed by atoms with E-state index in [1.165, 1.54) is 0 Å². The second-order valence-electron chi connectivity index (χ2n) is 4.42. The molecule has 0 aromatic rings. The maximum absolute atomic E-state index is 12.1. The minimum Gasteiger partial charge on any atom is -0.409 e. The number of nitrogens with zero attached hydrogens (tertiary/aromatic N) is 2. The van der Waals surface area contributed by atoms with Crippen LogP contribution in [0, 0.1) is 0 Å². The number of carbonyl (C=O) groups excluding carboxylic acids is 1. The summed E-state index contributed by atoms with van der Waals surface area (Å²) >= 11 is 0. The lowest BCUT2D eigenvalue weighted by Gasteiger charge is -2.34. The molecule has 0 aliphatic carbocycles.